The maximum Gasteiger partial charge on any atom is 0.294 e. The predicted molar refractivity (Wildman–Crippen MR) is 215 cm³/mol. The Hall–Kier alpha value is -6.19. The van der Waals surface area contributed by atoms with Gasteiger partial charge in [0.1, 0.15) is 35.1 Å². The van der Waals surface area contributed by atoms with Crippen LogP contribution in [-0.4, -0.2) is 13.0 Å². The Bertz CT molecular complexity index is 2580. The number of benzene rings is 6. The first-order valence-corrected chi connectivity index (χ1v) is 19.3. The van der Waals surface area contributed by atoms with Gasteiger partial charge in [0.2, 0.25) is 0 Å². The van der Waals surface area contributed by atoms with Crippen molar-refractivity contribution in [2.45, 2.75) is 63.7 Å². The van der Waals surface area contributed by atoms with Gasteiger partial charge in [-0.2, -0.15) is 18.9 Å². The molecule has 6 aromatic carbocycles. The molecule has 0 aliphatic heterocycles. The number of aryl methyl sites for hydroxylation is 2. The standard InChI is InChI=1S/C47H42N2O5S/c1-31-24-33(27-41(25-31)55(50,51)52)26-34-11-8-15-45(43(34)30-49)54-40-22-18-36(19-23-40)47(5,6)38-13-9-12-37(28-38)46(3,4)35-16-20-39(21-17-35)53-44-14-7-10-32(2)42(44)29-48/h7-25,27-28H,26H2,1-6H3,(H,50,51,52). The van der Waals surface area contributed by atoms with Crippen molar-refractivity contribution in [1.82, 2.24) is 0 Å². The van der Waals surface area contributed by atoms with Crippen LogP contribution >= 0.6 is 0 Å². The van der Waals surface area contributed by atoms with E-state index in [2.05, 4.69) is 76.2 Å². The number of hydrogen-bond donors (Lipinski definition) is 1. The fourth-order valence-electron chi connectivity index (χ4n) is 6.86. The minimum absolute atomic E-state index is 0.181. The highest BCUT2D eigenvalue weighted by atomic mass is 32.2. The molecule has 6 rings (SSSR count). The molecule has 276 valence electrons. The van der Waals surface area contributed by atoms with Crippen molar-refractivity contribution < 1.29 is 22.4 Å². The quantitative estimate of drug-likeness (QED) is 0.131. The lowest BCUT2D eigenvalue weighted by Gasteiger charge is -2.31. The van der Waals surface area contributed by atoms with Gasteiger partial charge in [0.05, 0.1) is 16.0 Å². The van der Waals surface area contributed by atoms with E-state index in [0.29, 0.717) is 50.8 Å². The third-order valence-corrected chi connectivity index (χ3v) is 11.1. The maximum atomic E-state index is 11.8. The molecule has 0 radical (unpaired) electrons. The van der Waals surface area contributed by atoms with Gasteiger partial charge in [-0.25, -0.2) is 0 Å². The second-order valence-electron chi connectivity index (χ2n) is 14.9. The molecule has 0 bridgehead atoms. The summed E-state index contributed by atoms with van der Waals surface area (Å²) in [6.45, 7) is 12.4. The van der Waals surface area contributed by atoms with Crippen LogP contribution < -0.4 is 9.47 Å². The van der Waals surface area contributed by atoms with E-state index in [-0.39, 0.29) is 22.1 Å². The van der Waals surface area contributed by atoms with Crippen molar-refractivity contribution in [2.75, 3.05) is 0 Å². The van der Waals surface area contributed by atoms with Crippen molar-refractivity contribution in [3.63, 3.8) is 0 Å². The van der Waals surface area contributed by atoms with Crippen LogP contribution in [0.25, 0.3) is 0 Å². The molecule has 0 aliphatic rings. The molecule has 6 aromatic rings. The average molecular weight is 747 g/mol. The van der Waals surface area contributed by atoms with Crippen LogP contribution in [0.3, 0.4) is 0 Å². The van der Waals surface area contributed by atoms with Gasteiger partial charge in [0.15, 0.2) is 0 Å². The number of ether oxygens (including phenoxy) is 2. The minimum Gasteiger partial charge on any atom is -0.456 e. The molecule has 0 fully saturated rings. The maximum absolute atomic E-state index is 11.8. The molecule has 8 heteroatoms. The molecule has 0 saturated carbocycles. The largest absolute Gasteiger partial charge is 0.456 e. The molecule has 55 heavy (non-hydrogen) atoms. The van der Waals surface area contributed by atoms with Crippen LogP contribution in [0.2, 0.25) is 0 Å². The van der Waals surface area contributed by atoms with Gasteiger partial charge in [-0.15, -0.1) is 0 Å². The van der Waals surface area contributed by atoms with Gasteiger partial charge in [0.25, 0.3) is 10.1 Å². The highest BCUT2D eigenvalue weighted by Gasteiger charge is 2.28. The summed E-state index contributed by atoms with van der Waals surface area (Å²) in [5.74, 6) is 2.18. The Kier molecular flexibility index (Phi) is 10.7. The molecule has 0 spiro atoms. The zero-order valence-corrected chi connectivity index (χ0v) is 32.5. The smallest absolute Gasteiger partial charge is 0.294 e. The molecular formula is C47H42N2O5S. The lowest BCUT2D eigenvalue weighted by molar-refractivity contribution is 0.479. The Balaban J connectivity index is 1.19. The monoisotopic (exact) mass is 746 g/mol. The Labute approximate surface area is 323 Å². The number of nitriles is 2. The summed E-state index contributed by atoms with van der Waals surface area (Å²) in [6.07, 6.45) is 0.283. The van der Waals surface area contributed by atoms with Gasteiger partial charge in [0, 0.05) is 10.8 Å². The predicted octanol–water partition coefficient (Wildman–Crippen LogP) is 11.1. The van der Waals surface area contributed by atoms with Gasteiger partial charge in [-0.05, 0) is 113 Å². The lowest BCUT2D eigenvalue weighted by Crippen LogP contribution is -2.22. The molecule has 0 aliphatic carbocycles. The van der Waals surface area contributed by atoms with Gasteiger partial charge in [-0.1, -0.05) is 107 Å². The van der Waals surface area contributed by atoms with Gasteiger partial charge >= 0.3 is 0 Å². The molecule has 1 N–H and O–H groups in total. The second kappa shape index (κ2) is 15.3. The van der Waals surface area contributed by atoms with E-state index in [0.717, 1.165) is 22.3 Å². The van der Waals surface area contributed by atoms with Gasteiger partial charge in [-0.3, -0.25) is 4.55 Å². The zero-order chi connectivity index (χ0) is 39.5. The summed E-state index contributed by atoms with van der Waals surface area (Å²) in [5, 5.41) is 19.7. The van der Waals surface area contributed by atoms with E-state index in [9.17, 15) is 23.5 Å². The van der Waals surface area contributed by atoms with Crippen LogP contribution in [0.1, 0.15) is 83.3 Å². The average Bonchev–Trinajstić information content (AvgIpc) is 3.15. The normalized spacial score (nSPS) is 11.7. The fraction of sp³-hybridized carbons (Fsp3) is 0.191. The molecule has 0 unspecified atom stereocenters. The number of hydrogen-bond acceptors (Lipinski definition) is 6. The van der Waals surface area contributed by atoms with Crippen LogP contribution in [0.15, 0.2) is 132 Å². The Morgan fingerprint density at radius 2 is 1.09 bits per heavy atom. The molecule has 7 nitrogen and oxygen atoms in total. The molecule has 0 saturated heterocycles. The van der Waals surface area contributed by atoms with Crippen LogP contribution in [-0.2, 0) is 27.4 Å². The highest BCUT2D eigenvalue weighted by Crippen LogP contribution is 2.39. The summed E-state index contributed by atoms with van der Waals surface area (Å²) >= 11 is 0. The summed E-state index contributed by atoms with van der Waals surface area (Å²) in [7, 11) is -4.37. The topological polar surface area (TPSA) is 120 Å². The van der Waals surface area contributed by atoms with Crippen molar-refractivity contribution >= 4 is 10.1 Å². The number of nitrogens with zero attached hydrogens (tertiary/aromatic N) is 2. The van der Waals surface area contributed by atoms with E-state index >= 15 is 0 Å². The summed E-state index contributed by atoms with van der Waals surface area (Å²) in [6, 6.07) is 44.7. The second-order valence-corrected chi connectivity index (χ2v) is 16.3. The first kappa shape index (κ1) is 38.5. The summed E-state index contributed by atoms with van der Waals surface area (Å²) in [4.78, 5) is -0.181. The van der Waals surface area contributed by atoms with Crippen LogP contribution in [0, 0.1) is 36.5 Å². The Morgan fingerprint density at radius 1 is 0.600 bits per heavy atom. The molecule has 0 heterocycles. The Morgan fingerprint density at radius 3 is 1.60 bits per heavy atom. The van der Waals surface area contributed by atoms with Crippen molar-refractivity contribution in [1.29, 1.82) is 10.5 Å². The molecule has 0 atom stereocenters. The highest BCUT2D eigenvalue weighted by molar-refractivity contribution is 7.85. The SMILES string of the molecule is Cc1cc(Cc2cccc(Oc3ccc(C(C)(C)c4cccc(C(C)(C)c5ccc(Oc6cccc(C)c6C#N)cc5)c4)cc3)c2C#N)cc(S(=O)(=O)O)c1. The fourth-order valence-corrected chi connectivity index (χ4v) is 7.50. The van der Waals surface area contributed by atoms with Gasteiger partial charge < -0.3 is 9.47 Å². The summed E-state index contributed by atoms with van der Waals surface area (Å²) in [5.41, 5.74) is 7.65. The van der Waals surface area contributed by atoms with Crippen molar-refractivity contribution in [3.8, 4) is 35.1 Å². The van der Waals surface area contributed by atoms with E-state index < -0.39 is 10.1 Å². The first-order chi connectivity index (χ1) is 26.1. The molecule has 0 amide bonds. The van der Waals surface area contributed by atoms with E-state index in [1.807, 2.05) is 73.7 Å². The molecular weight excluding hydrogens is 705 g/mol. The zero-order valence-electron chi connectivity index (χ0n) is 31.7. The number of rotatable bonds is 11. The molecule has 0 aromatic heterocycles. The van der Waals surface area contributed by atoms with Crippen molar-refractivity contribution in [2.24, 2.45) is 0 Å². The van der Waals surface area contributed by atoms with E-state index in [1.54, 1.807) is 19.1 Å². The lowest BCUT2D eigenvalue weighted by atomic mass is 9.73. The third-order valence-electron chi connectivity index (χ3n) is 10.3. The third kappa shape index (κ3) is 8.32. The van der Waals surface area contributed by atoms with Crippen LogP contribution in [0.4, 0.5) is 0 Å². The minimum atomic E-state index is -4.37. The first-order valence-electron chi connectivity index (χ1n) is 17.9. The van der Waals surface area contributed by atoms with E-state index in [1.165, 1.54) is 17.7 Å². The van der Waals surface area contributed by atoms with Crippen molar-refractivity contribution in [3.05, 3.63) is 183 Å². The summed E-state index contributed by atoms with van der Waals surface area (Å²) < 4.78 is 45.5. The van der Waals surface area contributed by atoms with E-state index in [4.69, 9.17) is 9.47 Å². The van der Waals surface area contributed by atoms with Crippen LogP contribution in [0.5, 0.6) is 23.0 Å².